The summed E-state index contributed by atoms with van der Waals surface area (Å²) in [6, 6.07) is 8.30. The summed E-state index contributed by atoms with van der Waals surface area (Å²) in [7, 11) is 0. The predicted molar refractivity (Wildman–Crippen MR) is 120 cm³/mol. The van der Waals surface area contributed by atoms with Crippen molar-refractivity contribution in [2.24, 2.45) is 5.92 Å². The monoisotopic (exact) mass is 429 g/mol. The van der Waals surface area contributed by atoms with Gasteiger partial charge in [-0.1, -0.05) is 32.4 Å². The maximum Gasteiger partial charge on any atom is 0.315 e. The van der Waals surface area contributed by atoms with Crippen molar-refractivity contribution in [2.45, 2.75) is 69.3 Å². The van der Waals surface area contributed by atoms with Gasteiger partial charge in [0.15, 0.2) is 0 Å². The largest absolute Gasteiger partial charge is 0.346 e. The van der Waals surface area contributed by atoms with E-state index in [9.17, 15) is 9.59 Å². The summed E-state index contributed by atoms with van der Waals surface area (Å²) in [6.07, 6.45) is 4.24. The van der Waals surface area contributed by atoms with Gasteiger partial charge in [-0.05, 0) is 37.3 Å². The molecule has 4 atom stereocenters. The van der Waals surface area contributed by atoms with Crippen LogP contribution in [0.3, 0.4) is 0 Å². The van der Waals surface area contributed by atoms with Crippen molar-refractivity contribution in [3.05, 3.63) is 30.1 Å². The number of thioether (sulfide) groups is 1. The molecule has 3 heterocycles. The Labute approximate surface area is 181 Å². The number of hydrogen-bond acceptors (Lipinski definition) is 4. The average Bonchev–Trinajstić information content (AvgIpc) is 3.38. The molecule has 4 N–H and O–H groups in total. The van der Waals surface area contributed by atoms with Gasteiger partial charge in [0, 0.05) is 17.4 Å². The van der Waals surface area contributed by atoms with Gasteiger partial charge < -0.3 is 20.9 Å². The molecule has 2 fully saturated rings. The SMILES string of the molecule is CC(C)C[C@H](NC(=O)CCCC[C@@H]1SC[C@@H]2NC(=O)N[C@@H]21)c1nc2ccccc2[nH]1. The Bertz CT molecular complexity index is 866. The quantitative estimate of drug-likeness (QED) is 0.362. The van der Waals surface area contributed by atoms with Crippen LogP contribution in [0.4, 0.5) is 4.79 Å². The summed E-state index contributed by atoms with van der Waals surface area (Å²) in [5.74, 6) is 2.33. The van der Waals surface area contributed by atoms with E-state index in [4.69, 9.17) is 4.98 Å². The first-order valence-corrected chi connectivity index (χ1v) is 12.0. The van der Waals surface area contributed by atoms with E-state index in [2.05, 4.69) is 34.8 Å². The van der Waals surface area contributed by atoms with Gasteiger partial charge in [-0.3, -0.25) is 4.79 Å². The third-order valence-corrected chi connectivity index (χ3v) is 7.37. The number of H-pyrrole nitrogens is 1. The van der Waals surface area contributed by atoms with E-state index < -0.39 is 0 Å². The van der Waals surface area contributed by atoms with Crippen LogP contribution in [-0.4, -0.2) is 45.0 Å². The van der Waals surface area contributed by atoms with Crippen molar-refractivity contribution in [1.29, 1.82) is 0 Å². The fourth-order valence-corrected chi connectivity index (χ4v) is 5.93. The Morgan fingerprint density at radius 1 is 1.27 bits per heavy atom. The van der Waals surface area contributed by atoms with Gasteiger partial charge in [0.1, 0.15) is 5.82 Å². The number of hydrogen-bond donors (Lipinski definition) is 4. The first-order valence-electron chi connectivity index (χ1n) is 10.9. The molecule has 4 rings (SSSR count). The Morgan fingerprint density at radius 3 is 2.90 bits per heavy atom. The Hall–Kier alpha value is -2.22. The van der Waals surface area contributed by atoms with E-state index >= 15 is 0 Å². The maximum atomic E-state index is 12.6. The number of aromatic nitrogens is 2. The van der Waals surface area contributed by atoms with Crippen LogP contribution in [0.1, 0.15) is 57.8 Å². The van der Waals surface area contributed by atoms with Crippen molar-refractivity contribution in [3.8, 4) is 0 Å². The smallest absolute Gasteiger partial charge is 0.315 e. The van der Waals surface area contributed by atoms with Crippen LogP contribution in [0, 0.1) is 5.92 Å². The molecule has 0 saturated carbocycles. The molecule has 0 aliphatic carbocycles. The molecular formula is C22H31N5O2S. The lowest BCUT2D eigenvalue weighted by molar-refractivity contribution is -0.122. The Kier molecular flexibility index (Phi) is 6.51. The number of carbonyl (C=O) groups is 2. The average molecular weight is 430 g/mol. The normalized spacial score (nSPS) is 24.0. The molecule has 162 valence electrons. The number of urea groups is 1. The number of fused-ring (bicyclic) bond motifs is 2. The number of para-hydroxylation sites is 2. The van der Waals surface area contributed by atoms with Gasteiger partial charge >= 0.3 is 6.03 Å². The Balaban J connectivity index is 1.26. The van der Waals surface area contributed by atoms with E-state index in [1.165, 1.54) is 0 Å². The molecule has 0 radical (unpaired) electrons. The van der Waals surface area contributed by atoms with Crippen molar-refractivity contribution < 1.29 is 9.59 Å². The zero-order chi connectivity index (χ0) is 21.1. The molecule has 1 aromatic carbocycles. The molecule has 2 saturated heterocycles. The molecule has 1 aromatic heterocycles. The lowest BCUT2D eigenvalue weighted by atomic mass is 10.0. The van der Waals surface area contributed by atoms with E-state index in [0.717, 1.165) is 48.3 Å². The highest BCUT2D eigenvalue weighted by Crippen LogP contribution is 2.33. The van der Waals surface area contributed by atoms with Crippen LogP contribution in [0.5, 0.6) is 0 Å². The second kappa shape index (κ2) is 9.29. The van der Waals surface area contributed by atoms with Crippen molar-refractivity contribution in [1.82, 2.24) is 25.9 Å². The number of nitrogens with one attached hydrogen (secondary N) is 4. The first-order chi connectivity index (χ1) is 14.5. The molecule has 2 aromatic rings. The summed E-state index contributed by atoms with van der Waals surface area (Å²) < 4.78 is 0. The third kappa shape index (κ3) is 4.91. The molecule has 2 aliphatic rings. The van der Waals surface area contributed by atoms with Crippen LogP contribution in [-0.2, 0) is 4.79 Å². The number of imidazole rings is 1. The van der Waals surface area contributed by atoms with Gasteiger partial charge in [-0.2, -0.15) is 11.8 Å². The van der Waals surface area contributed by atoms with Gasteiger partial charge in [-0.25, -0.2) is 9.78 Å². The summed E-state index contributed by atoms with van der Waals surface area (Å²) in [5.41, 5.74) is 1.92. The van der Waals surface area contributed by atoms with Gasteiger partial charge in [-0.15, -0.1) is 0 Å². The fraction of sp³-hybridized carbons (Fsp3) is 0.591. The fourth-order valence-electron chi connectivity index (χ4n) is 4.39. The third-order valence-electron chi connectivity index (χ3n) is 5.86. The van der Waals surface area contributed by atoms with Gasteiger partial charge in [0.05, 0.1) is 29.2 Å². The maximum absolute atomic E-state index is 12.6. The molecule has 3 amide bonds. The summed E-state index contributed by atoms with van der Waals surface area (Å²) in [4.78, 5) is 32.2. The number of aromatic amines is 1. The molecule has 0 bridgehead atoms. The molecule has 0 spiro atoms. The summed E-state index contributed by atoms with van der Waals surface area (Å²) in [6.45, 7) is 4.32. The summed E-state index contributed by atoms with van der Waals surface area (Å²) >= 11 is 1.92. The van der Waals surface area contributed by atoms with Gasteiger partial charge in [0.25, 0.3) is 0 Å². The highest BCUT2D eigenvalue weighted by Gasteiger charge is 2.42. The highest BCUT2D eigenvalue weighted by atomic mass is 32.2. The minimum Gasteiger partial charge on any atom is -0.346 e. The zero-order valence-corrected chi connectivity index (χ0v) is 18.4. The van der Waals surface area contributed by atoms with E-state index in [1.807, 2.05) is 36.0 Å². The number of carbonyl (C=O) groups excluding carboxylic acids is 2. The van der Waals surface area contributed by atoms with Crippen molar-refractivity contribution in [2.75, 3.05) is 5.75 Å². The first kappa shape index (κ1) is 21.0. The zero-order valence-electron chi connectivity index (χ0n) is 17.6. The molecule has 30 heavy (non-hydrogen) atoms. The number of benzene rings is 1. The highest BCUT2D eigenvalue weighted by molar-refractivity contribution is 8.00. The van der Waals surface area contributed by atoms with Crippen molar-refractivity contribution in [3.63, 3.8) is 0 Å². The molecule has 0 unspecified atom stereocenters. The molecule has 7 nitrogen and oxygen atoms in total. The number of unbranched alkanes of at least 4 members (excludes halogenated alkanes) is 1. The van der Waals surface area contributed by atoms with E-state index in [0.29, 0.717) is 17.6 Å². The number of nitrogens with zero attached hydrogens (tertiary/aromatic N) is 1. The Morgan fingerprint density at radius 2 is 2.10 bits per heavy atom. The van der Waals surface area contributed by atoms with Gasteiger partial charge in [0.2, 0.25) is 5.91 Å². The molecular weight excluding hydrogens is 398 g/mol. The molecule has 8 heteroatoms. The van der Waals surface area contributed by atoms with Crippen LogP contribution in [0.25, 0.3) is 11.0 Å². The number of rotatable bonds is 9. The topological polar surface area (TPSA) is 98.9 Å². The van der Waals surface area contributed by atoms with E-state index in [-0.39, 0.29) is 30.1 Å². The number of amides is 3. The minimum absolute atomic E-state index is 0.0449. The predicted octanol–water partition coefficient (Wildman–Crippen LogP) is 3.49. The second-order valence-corrected chi connectivity index (χ2v) is 10.0. The standard InChI is InChI=1S/C22H31N5O2S/c1-13(2)11-16(21-24-14-7-3-4-8-15(14)25-21)23-19(28)10-6-5-9-18-20-17(12-30-18)26-22(29)27-20/h3-4,7-8,13,16-18,20H,5-6,9-12H2,1-2H3,(H,23,28)(H,24,25)(H2,26,27,29)/t16-,17-,18-,20-/m0/s1. The van der Waals surface area contributed by atoms with Crippen LogP contribution in [0.15, 0.2) is 24.3 Å². The van der Waals surface area contributed by atoms with Crippen LogP contribution in [0.2, 0.25) is 0 Å². The van der Waals surface area contributed by atoms with E-state index in [1.54, 1.807) is 0 Å². The van der Waals surface area contributed by atoms with Crippen LogP contribution >= 0.6 is 11.8 Å². The molecule has 2 aliphatic heterocycles. The van der Waals surface area contributed by atoms with Crippen molar-refractivity contribution >= 4 is 34.7 Å². The lowest BCUT2D eigenvalue weighted by Gasteiger charge is -2.19. The summed E-state index contributed by atoms with van der Waals surface area (Å²) in [5, 5.41) is 9.64. The lowest BCUT2D eigenvalue weighted by Crippen LogP contribution is -2.36. The van der Waals surface area contributed by atoms with Crippen LogP contribution < -0.4 is 16.0 Å². The second-order valence-electron chi connectivity index (χ2n) is 8.76. The minimum atomic E-state index is -0.101.